The Morgan fingerprint density at radius 2 is 2.24 bits per heavy atom. The second kappa shape index (κ2) is 7.27. The molecule has 1 aliphatic carbocycles. The minimum atomic E-state index is 0.0289. The van der Waals surface area contributed by atoms with Crippen molar-refractivity contribution in [2.75, 3.05) is 27.7 Å². The van der Waals surface area contributed by atoms with Gasteiger partial charge in [0, 0.05) is 6.54 Å². The SMILES string of the molecule is CCC1CCC(C(N)c2c(OC)cnn2CCN(C)C)C1. The maximum absolute atomic E-state index is 6.59. The van der Waals surface area contributed by atoms with E-state index in [-0.39, 0.29) is 6.04 Å². The first kappa shape index (κ1) is 16.3. The molecule has 1 fully saturated rings. The molecule has 1 heterocycles. The van der Waals surface area contributed by atoms with Crippen LogP contribution in [0.15, 0.2) is 6.20 Å². The molecule has 21 heavy (non-hydrogen) atoms. The van der Waals surface area contributed by atoms with E-state index in [0.717, 1.165) is 30.5 Å². The van der Waals surface area contributed by atoms with Crippen LogP contribution in [0.4, 0.5) is 0 Å². The third-order valence-electron chi connectivity index (χ3n) is 4.81. The molecule has 0 radical (unpaired) electrons. The predicted molar refractivity (Wildman–Crippen MR) is 85.4 cm³/mol. The van der Waals surface area contributed by atoms with Gasteiger partial charge in [-0.15, -0.1) is 0 Å². The van der Waals surface area contributed by atoms with E-state index in [2.05, 4.69) is 31.0 Å². The van der Waals surface area contributed by atoms with Gasteiger partial charge in [-0.1, -0.05) is 19.8 Å². The summed E-state index contributed by atoms with van der Waals surface area (Å²) in [5, 5.41) is 4.48. The van der Waals surface area contributed by atoms with Crippen molar-refractivity contribution in [1.29, 1.82) is 0 Å². The first-order chi connectivity index (χ1) is 10.1. The van der Waals surface area contributed by atoms with Gasteiger partial charge in [-0.05, 0) is 38.8 Å². The van der Waals surface area contributed by atoms with E-state index >= 15 is 0 Å². The van der Waals surface area contributed by atoms with Gasteiger partial charge in [0.25, 0.3) is 0 Å². The zero-order valence-electron chi connectivity index (χ0n) is 13.9. The Kier molecular flexibility index (Phi) is 5.65. The van der Waals surface area contributed by atoms with E-state index < -0.39 is 0 Å². The number of methoxy groups -OCH3 is 1. The Labute approximate surface area is 128 Å². The highest BCUT2D eigenvalue weighted by Gasteiger charge is 2.32. The minimum Gasteiger partial charge on any atom is -0.493 e. The van der Waals surface area contributed by atoms with Crippen molar-refractivity contribution in [2.24, 2.45) is 17.6 Å². The molecule has 2 rings (SSSR count). The third-order valence-corrected chi connectivity index (χ3v) is 4.81. The second-order valence-corrected chi connectivity index (χ2v) is 6.50. The Bertz CT molecular complexity index is 443. The molecule has 120 valence electrons. The van der Waals surface area contributed by atoms with Crippen molar-refractivity contribution < 1.29 is 4.74 Å². The monoisotopic (exact) mass is 294 g/mol. The zero-order valence-corrected chi connectivity index (χ0v) is 13.9. The third kappa shape index (κ3) is 3.77. The normalized spacial score (nSPS) is 23.7. The van der Waals surface area contributed by atoms with Crippen LogP contribution < -0.4 is 10.5 Å². The number of hydrogen-bond donors (Lipinski definition) is 1. The fourth-order valence-corrected chi connectivity index (χ4v) is 3.38. The fourth-order valence-electron chi connectivity index (χ4n) is 3.38. The van der Waals surface area contributed by atoms with Gasteiger partial charge >= 0.3 is 0 Å². The van der Waals surface area contributed by atoms with Crippen LogP contribution in [0.1, 0.15) is 44.3 Å². The topological polar surface area (TPSA) is 56.3 Å². The predicted octanol–water partition coefficient (Wildman–Crippen LogP) is 2.28. The lowest BCUT2D eigenvalue weighted by molar-refractivity contribution is 0.339. The van der Waals surface area contributed by atoms with E-state index in [4.69, 9.17) is 10.5 Å². The number of nitrogens with zero attached hydrogens (tertiary/aromatic N) is 3. The molecular formula is C16H30N4O. The lowest BCUT2D eigenvalue weighted by Gasteiger charge is -2.22. The average molecular weight is 294 g/mol. The van der Waals surface area contributed by atoms with Gasteiger partial charge in [0.05, 0.1) is 31.6 Å². The van der Waals surface area contributed by atoms with Crippen molar-refractivity contribution in [2.45, 2.75) is 45.2 Å². The summed E-state index contributed by atoms with van der Waals surface area (Å²) in [6, 6.07) is 0.0289. The molecule has 2 N–H and O–H groups in total. The van der Waals surface area contributed by atoms with E-state index in [0.29, 0.717) is 5.92 Å². The van der Waals surface area contributed by atoms with Crippen LogP contribution in [0, 0.1) is 11.8 Å². The van der Waals surface area contributed by atoms with Crippen LogP contribution in [0.25, 0.3) is 0 Å². The maximum Gasteiger partial charge on any atom is 0.161 e. The molecule has 0 aliphatic heterocycles. The van der Waals surface area contributed by atoms with Crippen LogP contribution in [-0.4, -0.2) is 42.4 Å². The molecule has 0 amide bonds. The Morgan fingerprint density at radius 1 is 1.48 bits per heavy atom. The van der Waals surface area contributed by atoms with Crippen molar-refractivity contribution in [3.8, 4) is 5.75 Å². The molecule has 0 bridgehead atoms. The Balaban J connectivity index is 2.14. The summed E-state index contributed by atoms with van der Waals surface area (Å²) < 4.78 is 7.52. The summed E-state index contributed by atoms with van der Waals surface area (Å²) in [6.07, 6.45) is 6.84. The molecule has 0 saturated heterocycles. The fraction of sp³-hybridized carbons (Fsp3) is 0.812. The number of rotatable bonds is 7. The van der Waals surface area contributed by atoms with Gasteiger partial charge in [-0.25, -0.2) is 0 Å². The number of hydrogen-bond acceptors (Lipinski definition) is 4. The minimum absolute atomic E-state index is 0.0289. The van der Waals surface area contributed by atoms with Gasteiger partial charge in [-0.2, -0.15) is 5.10 Å². The number of aromatic nitrogens is 2. The van der Waals surface area contributed by atoms with Gasteiger partial charge < -0.3 is 15.4 Å². The van der Waals surface area contributed by atoms with Crippen molar-refractivity contribution in [3.63, 3.8) is 0 Å². The lowest BCUT2D eigenvalue weighted by Crippen LogP contribution is -2.26. The summed E-state index contributed by atoms with van der Waals surface area (Å²) in [4.78, 5) is 2.16. The van der Waals surface area contributed by atoms with Crippen molar-refractivity contribution >= 4 is 0 Å². The summed E-state index contributed by atoms with van der Waals surface area (Å²) in [5.41, 5.74) is 7.66. The summed E-state index contributed by atoms with van der Waals surface area (Å²) in [6.45, 7) is 4.08. The van der Waals surface area contributed by atoms with Crippen LogP contribution in [0.5, 0.6) is 5.75 Å². The van der Waals surface area contributed by atoms with Crippen LogP contribution >= 0.6 is 0 Å². The molecule has 1 saturated carbocycles. The molecule has 3 atom stereocenters. The van der Waals surface area contributed by atoms with Crippen molar-refractivity contribution in [3.05, 3.63) is 11.9 Å². The second-order valence-electron chi connectivity index (χ2n) is 6.50. The van der Waals surface area contributed by atoms with Crippen LogP contribution in [-0.2, 0) is 6.54 Å². The quantitative estimate of drug-likeness (QED) is 0.838. The molecule has 0 spiro atoms. The van der Waals surface area contributed by atoms with Gasteiger partial charge in [0.1, 0.15) is 0 Å². The smallest absolute Gasteiger partial charge is 0.161 e. The Morgan fingerprint density at radius 3 is 2.81 bits per heavy atom. The number of nitrogens with two attached hydrogens (primary N) is 1. The average Bonchev–Trinajstić information content (AvgIpc) is 3.10. The molecule has 1 aromatic rings. The Hall–Kier alpha value is -1.07. The highest BCUT2D eigenvalue weighted by atomic mass is 16.5. The van der Waals surface area contributed by atoms with E-state index in [1.165, 1.54) is 25.7 Å². The first-order valence-corrected chi connectivity index (χ1v) is 8.06. The summed E-state index contributed by atoms with van der Waals surface area (Å²) in [7, 11) is 5.85. The van der Waals surface area contributed by atoms with Gasteiger partial charge in [-0.3, -0.25) is 4.68 Å². The van der Waals surface area contributed by atoms with Crippen molar-refractivity contribution in [1.82, 2.24) is 14.7 Å². The molecule has 5 nitrogen and oxygen atoms in total. The standard InChI is InChI=1S/C16H30N4O/c1-5-12-6-7-13(10-12)15(17)16-14(21-4)11-18-20(16)9-8-19(2)3/h11-13,15H,5-10,17H2,1-4H3. The highest BCUT2D eigenvalue weighted by molar-refractivity contribution is 5.29. The van der Waals surface area contributed by atoms with E-state index in [1.807, 2.05) is 4.68 Å². The van der Waals surface area contributed by atoms with Crippen LogP contribution in [0.2, 0.25) is 0 Å². The molecule has 5 heteroatoms. The van der Waals surface area contributed by atoms with E-state index in [1.54, 1.807) is 13.3 Å². The van der Waals surface area contributed by atoms with Gasteiger partial charge in [0.15, 0.2) is 5.75 Å². The molecular weight excluding hydrogens is 264 g/mol. The summed E-state index contributed by atoms with van der Waals surface area (Å²) in [5.74, 6) is 2.23. The summed E-state index contributed by atoms with van der Waals surface area (Å²) >= 11 is 0. The van der Waals surface area contributed by atoms with E-state index in [9.17, 15) is 0 Å². The van der Waals surface area contributed by atoms with Crippen LogP contribution in [0.3, 0.4) is 0 Å². The number of ether oxygens (including phenoxy) is 1. The maximum atomic E-state index is 6.59. The largest absolute Gasteiger partial charge is 0.493 e. The highest BCUT2D eigenvalue weighted by Crippen LogP contribution is 2.41. The zero-order chi connectivity index (χ0) is 15.4. The molecule has 1 aliphatic rings. The molecule has 3 unspecified atom stereocenters. The molecule has 1 aromatic heterocycles. The number of likely N-dealkylation sites (N-methyl/N-ethyl adjacent to an activating group) is 1. The molecule has 0 aromatic carbocycles. The first-order valence-electron chi connectivity index (χ1n) is 8.06. The lowest BCUT2D eigenvalue weighted by atomic mass is 9.94. The van der Waals surface area contributed by atoms with Gasteiger partial charge in [0.2, 0.25) is 0 Å².